The van der Waals surface area contributed by atoms with Crippen molar-refractivity contribution < 1.29 is 9.53 Å². The Balaban J connectivity index is 1.98. The van der Waals surface area contributed by atoms with Crippen LogP contribution in [0.3, 0.4) is 0 Å². The maximum absolute atomic E-state index is 12.3. The third kappa shape index (κ3) is 3.27. The molecule has 0 radical (unpaired) electrons. The van der Waals surface area contributed by atoms with Crippen molar-refractivity contribution in [3.8, 4) is 0 Å². The largest absolute Gasteiger partial charge is 0.377 e. The Bertz CT molecular complexity index is 381. The fraction of sp³-hybridized carbons (Fsp3) is 0.538. The number of likely N-dealkylation sites (N-methyl/N-ethyl adjacent to an activating group) is 1. The van der Waals surface area contributed by atoms with Gasteiger partial charge in [-0.05, 0) is 19.2 Å². The number of ether oxygens (including phenoxy) is 1. The lowest BCUT2D eigenvalue weighted by Crippen LogP contribution is -2.53. The Labute approximate surface area is 107 Å². The van der Waals surface area contributed by atoms with Gasteiger partial charge in [0.15, 0.2) is 0 Å². The Kier molecular flexibility index (Phi) is 4.66. The highest BCUT2D eigenvalue weighted by Gasteiger charge is 2.26. The van der Waals surface area contributed by atoms with E-state index in [0.717, 1.165) is 12.2 Å². The van der Waals surface area contributed by atoms with Crippen LogP contribution in [-0.4, -0.2) is 55.2 Å². The number of carbonyl (C=O) groups is 1. The molecule has 1 fully saturated rings. The lowest BCUT2D eigenvalue weighted by molar-refractivity contribution is -0.138. The van der Waals surface area contributed by atoms with Gasteiger partial charge in [0.05, 0.1) is 25.7 Å². The number of hydrogen-bond acceptors (Lipinski definition) is 4. The van der Waals surface area contributed by atoms with Gasteiger partial charge in [-0.15, -0.1) is 0 Å². The molecule has 0 bridgehead atoms. The summed E-state index contributed by atoms with van der Waals surface area (Å²) in [7, 11) is 1.88. The fourth-order valence-corrected chi connectivity index (χ4v) is 2.15. The van der Waals surface area contributed by atoms with Crippen LogP contribution in [-0.2, 0) is 16.0 Å². The third-order valence-corrected chi connectivity index (χ3v) is 3.05. The Morgan fingerprint density at radius 2 is 2.50 bits per heavy atom. The zero-order valence-electron chi connectivity index (χ0n) is 10.6. The molecule has 98 valence electrons. The highest BCUT2D eigenvalue weighted by molar-refractivity contribution is 5.78. The maximum atomic E-state index is 12.3. The van der Waals surface area contributed by atoms with E-state index in [4.69, 9.17) is 4.74 Å². The Morgan fingerprint density at radius 1 is 1.61 bits per heavy atom. The summed E-state index contributed by atoms with van der Waals surface area (Å²) in [6.45, 7) is 2.65. The first kappa shape index (κ1) is 13.0. The summed E-state index contributed by atoms with van der Waals surface area (Å²) in [4.78, 5) is 18.3. The Hall–Kier alpha value is -1.46. The van der Waals surface area contributed by atoms with Crippen LogP contribution in [0.5, 0.6) is 0 Å². The van der Waals surface area contributed by atoms with E-state index >= 15 is 0 Å². The first-order chi connectivity index (χ1) is 8.81. The molecule has 2 heterocycles. The van der Waals surface area contributed by atoms with Crippen LogP contribution in [0.1, 0.15) is 5.69 Å². The van der Waals surface area contributed by atoms with Crippen LogP contribution in [0.25, 0.3) is 0 Å². The molecule has 1 saturated heterocycles. The van der Waals surface area contributed by atoms with Crippen LogP contribution in [0.15, 0.2) is 24.4 Å². The molecule has 1 amide bonds. The minimum atomic E-state index is 0.122. The minimum Gasteiger partial charge on any atom is -0.377 e. The summed E-state index contributed by atoms with van der Waals surface area (Å²) in [5.41, 5.74) is 0.817. The average molecular weight is 249 g/mol. The summed E-state index contributed by atoms with van der Waals surface area (Å²) >= 11 is 0. The average Bonchev–Trinajstić information content (AvgIpc) is 2.41. The zero-order valence-corrected chi connectivity index (χ0v) is 10.6. The molecular formula is C13H19N3O2. The summed E-state index contributed by atoms with van der Waals surface area (Å²) < 4.78 is 5.42. The highest BCUT2D eigenvalue weighted by atomic mass is 16.5. The van der Waals surface area contributed by atoms with Crippen molar-refractivity contribution in [2.45, 2.75) is 12.5 Å². The van der Waals surface area contributed by atoms with Crippen molar-refractivity contribution in [3.05, 3.63) is 30.1 Å². The van der Waals surface area contributed by atoms with Crippen molar-refractivity contribution >= 4 is 5.91 Å². The first-order valence-corrected chi connectivity index (χ1v) is 6.23. The molecule has 1 aliphatic heterocycles. The molecule has 5 heteroatoms. The monoisotopic (exact) mass is 249 g/mol. The van der Waals surface area contributed by atoms with Crippen molar-refractivity contribution in [2.24, 2.45) is 0 Å². The molecule has 1 N–H and O–H groups in total. The maximum Gasteiger partial charge on any atom is 0.229 e. The second kappa shape index (κ2) is 6.47. The summed E-state index contributed by atoms with van der Waals surface area (Å²) in [6, 6.07) is 5.76. The number of carbonyl (C=O) groups excluding carboxylic acids is 1. The van der Waals surface area contributed by atoms with E-state index in [0.29, 0.717) is 26.2 Å². The first-order valence-electron chi connectivity index (χ1n) is 6.23. The summed E-state index contributed by atoms with van der Waals surface area (Å²) in [5, 5.41) is 3.10. The van der Waals surface area contributed by atoms with E-state index in [1.807, 2.05) is 30.1 Å². The van der Waals surface area contributed by atoms with Gasteiger partial charge in [-0.3, -0.25) is 9.78 Å². The van der Waals surface area contributed by atoms with E-state index < -0.39 is 0 Å². The smallest absolute Gasteiger partial charge is 0.229 e. The zero-order chi connectivity index (χ0) is 12.8. The molecule has 1 unspecified atom stereocenters. The van der Waals surface area contributed by atoms with Gasteiger partial charge in [-0.25, -0.2) is 0 Å². The van der Waals surface area contributed by atoms with E-state index in [1.165, 1.54) is 0 Å². The number of morpholine rings is 1. The van der Waals surface area contributed by atoms with Gasteiger partial charge in [0.1, 0.15) is 0 Å². The molecule has 18 heavy (non-hydrogen) atoms. The molecule has 1 atom stereocenters. The van der Waals surface area contributed by atoms with Crippen LogP contribution < -0.4 is 5.32 Å². The predicted molar refractivity (Wildman–Crippen MR) is 68.2 cm³/mol. The molecule has 2 rings (SSSR count). The quantitative estimate of drug-likeness (QED) is 0.820. The molecule has 5 nitrogen and oxygen atoms in total. The van der Waals surface area contributed by atoms with E-state index in [2.05, 4.69) is 10.3 Å². The summed E-state index contributed by atoms with van der Waals surface area (Å²) in [5.74, 6) is 0.122. The van der Waals surface area contributed by atoms with Gasteiger partial charge in [-0.1, -0.05) is 6.07 Å². The van der Waals surface area contributed by atoms with Crippen molar-refractivity contribution in [1.29, 1.82) is 0 Å². The molecule has 1 aliphatic rings. The topological polar surface area (TPSA) is 54.5 Å². The molecule has 1 aromatic heterocycles. The normalized spacial score (nSPS) is 19.8. The molecule has 0 aliphatic carbocycles. The van der Waals surface area contributed by atoms with Gasteiger partial charge in [0, 0.05) is 25.0 Å². The lowest BCUT2D eigenvalue weighted by Gasteiger charge is -2.35. The van der Waals surface area contributed by atoms with Gasteiger partial charge in [-0.2, -0.15) is 0 Å². The van der Waals surface area contributed by atoms with E-state index in [1.54, 1.807) is 6.20 Å². The van der Waals surface area contributed by atoms with Crippen molar-refractivity contribution in [1.82, 2.24) is 15.2 Å². The van der Waals surface area contributed by atoms with Gasteiger partial charge >= 0.3 is 0 Å². The van der Waals surface area contributed by atoms with E-state index in [9.17, 15) is 4.79 Å². The third-order valence-electron chi connectivity index (χ3n) is 3.05. The van der Waals surface area contributed by atoms with Crippen molar-refractivity contribution in [3.63, 3.8) is 0 Å². The molecule has 0 aromatic carbocycles. The molecule has 0 spiro atoms. The van der Waals surface area contributed by atoms with Gasteiger partial charge in [0.2, 0.25) is 5.91 Å². The van der Waals surface area contributed by atoms with Gasteiger partial charge < -0.3 is 15.0 Å². The number of nitrogens with one attached hydrogen (secondary N) is 1. The minimum absolute atomic E-state index is 0.122. The number of aromatic nitrogens is 1. The fourth-order valence-electron chi connectivity index (χ4n) is 2.15. The SMILES string of the molecule is CNCC1COCCN1C(=O)Cc1ccccn1. The van der Waals surface area contributed by atoms with Crippen LogP contribution in [0.4, 0.5) is 0 Å². The van der Waals surface area contributed by atoms with E-state index in [-0.39, 0.29) is 11.9 Å². The standard InChI is InChI=1S/C13H19N3O2/c1-14-9-12-10-18-7-6-16(12)13(17)8-11-4-2-3-5-15-11/h2-5,12,14H,6-10H2,1H3. The molecule has 0 saturated carbocycles. The second-order valence-corrected chi connectivity index (χ2v) is 4.37. The number of hydrogen-bond donors (Lipinski definition) is 1. The van der Waals surface area contributed by atoms with Gasteiger partial charge in [0.25, 0.3) is 0 Å². The number of nitrogens with zero attached hydrogens (tertiary/aromatic N) is 2. The number of amides is 1. The van der Waals surface area contributed by atoms with Crippen LogP contribution in [0.2, 0.25) is 0 Å². The highest BCUT2D eigenvalue weighted by Crippen LogP contribution is 2.09. The predicted octanol–water partition coefficient (Wildman–Crippen LogP) is 0.0709. The lowest BCUT2D eigenvalue weighted by atomic mass is 10.2. The van der Waals surface area contributed by atoms with Crippen LogP contribution in [0, 0.1) is 0 Å². The second-order valence-electron chi connectivity index (χ2n) is 4.37. The Morgan fingerprint density at radius 3 is 3.22 bits per heavy atom. The van der Waals surface area contributed by atoms with Crippen molar-refractivity contribution in [2.75, 3.05) is 33.4 Å². The molecule has 1 aromatic rings. The molecular weight excluding hydrogens is 230 g/mol. The number of pyridine rings is 1. The summed E-state index contributed by atoms with van der Waals surface area (Å²) in [6.07, 6.45) is 2.08. The number of rotatable bonds is 4. The van der Waals surface area contributed by atoms with Crippen LogP contribution >= 0.6 is 0 Å².